The number of furan rings is 3. The number of fused-ring (bicyclic) bond motifs is 14. The number of rotatable bonds is 0. The molecule has 0 atom stereocenters. The smallest absolute Gasteiger partial charge is 0.144 e. The van der Waals surface area contributed by atoms with Crippen LogP contribution in [0.4, 0.5) is 0 Å². The molecule has 3 aromatic heterocycles. The molecule has 0 amide bonds. The molecule has 0 spiro atoms. The van der Waals surface area contributed by atoms with Crippen molar-refractivity contribution in [3.63, 3.8) is 0 Å². The topological polar surface area (TPSA) is 39.4 Å². The van der Waals surface area contributed by atoms with Gasteiger partial charge in [-0.15, -0.1) is 0 Å². The van der Waals surface area contributed by atoms with Crippen LogP contribution in [0.2, 0.25) is 0 Å². The van der Waals surface area contributed by atoms with Crippen LogP contribution in [0.3, 0.4) is 0 Å². The van der Waals surface area contributed by atoms with Crippen molar-refractivity contribution in [2.24, 2.45) is 0 Å². The minimum absolute atomic E-state index is 0.882. The second-order valence-electron chi connectivity index (χ2n) is 9.98. The van der Waals surface area contributed by atoms with Crippen molar-refractivity contribution in [1.29, 1.82) is 0 Å². The zero-order valence-corrected chi connectivity index (χ0v) is 19.5. The van der Waals surface area contributed by atoms with E-state index in [4.69, 9.17) is 13.3 Å². The molecule has 3 nitrogen and oxygen atoms in total. The first-order valence-electron chi connectivity index (χ1n) is 12.5. The third-order valence-corrected chi connectivity index (χ3v) is 8.18. The Balaban J connectivity index is 1.68. The molecular formula is C34H16O3. The molecule has 7 aromatic carbocycles. The number of hydrogen-bond donors (Lipinski definition) is 0. The highest BCUT2D eigenvalue weighted by atomic mass is 16.3. The van der Waals surface area contributed by atoms with Crippen molar-refractivity contribution in [2.75, 3.05) is 0 Å². The fourth-order valence-corrected chi connectivity index (χ4v) is 6.74. The van der Waals surface area contributed by atoms with Gasteiger partial charge in [0.25, 0.3) is 0 Å². The molecule has 0 aliphatic carbocycles. The van der Waals surface area contributed by atoms with Crippen LogP contribution >= 0.6 is 0 Å². The Morgan fingerprint density at radius 2 is 0.811 bits per heavy atom. The first-order chi connectivity index (χ1) is 18.4. The number of benzene rings is 7. The molecule has 0 unspecified atom stereocenters. The fraction of sp³-hybridized carbons (Fsp3) is 0. The van der Waals surface area contributed by atoms with E-state index in [-0.39, 0.29) is 0 Å². The van der Waals surface area contributed by atoms with Gasteiger partial charge in [0.1, 0.15) is 33.5 Å². The molecule has 0 N–H and O–H groups in total. The van der Waals surface area contributed by atoms with Gasteiger partial charge in [-0.25, -0.2) is 0 Å². The van der Waals surface area contributed by atoms with Gasteiger partial charge in [0.2, 0.25) is 0 Å². The quantitative estimate of drug-likeness (QED) is 0.206. The van der Waals surface area contributed by atoms with Gasteiger partial charge < -0.3 is 13.3 Å². The fourth-order valence-electron chi connectivity index (χ4n) is 6.74. The molecule has 0 saturated carbocycles. The third-order valence-electron chi connectivity index (χ3n) is 8.18. The van der Waals surface area contributed by atoms with Gasteiger partial charge in [-0.2, -0.15) is 0 Å². The van der Waals surface area contributed by atoms with Gasteiger partial charge in [-0.1, -0.05) is 72.8 Å². The van der Waals surface area contributed by atoms with Crippen molar-refractivity contribution in [3.05, 3.63) is 97.1 Å². The summed E-state index contributed by atoms with van der Waals surface area (Å²) in [5, 5.41) is 13.5. The van der Waals surface area contributed by atoms with Crippen LogP contribution in [0.1, 0.15) is 0 Å². The molecule has 10 aromatic rings. The maximum atomic E-state index is 6.63. The molecule has 0 aliphatic heterocycles. The minimum atomic E-state index is 0.882. The van der Waals surface area contributed by atoms with E-state index >= 15 is 0 Å². The predicted molar refractivity (Wildman–Crippen MR) is 152 cm³/mol. The SMILES string of the molecule is c1ccc2c(c1)oc1c2cc2c3oc4ccccc4c3c3cccc4c5oc6ccccc6c5c1c2c43. The monoisotopic (exact) mass is 472 g/mol. The Kier molecular flexibility index (Phi) is 2.98. The molecule has 3 heteroatoms. The highest BCUT2D eigenvalue weighted by Gasteiger charge is 2.26. The van der Waals surface area contributed by atoms with Crippen molar-refractivity contribution < 1.29 is 13.3 Å². The van der Waals surface area contributed by atoms with Crippen LogP contribution in [0.25, 0.3) is 98.1 Å². The van der Waals surface area contributed by atoms with E-state index in [0.29, 0.717) is 0 Å². The predicted octanol–water partition coefficient (Wildman–Crippen LogP) is 10.3. The standard InChI is InChI=1S/C34H16O3/c1-4-13-24-17(8-1)22-16-23-29-27-20(28-18-9-2-5-14-25(18)37-34(23)28)11-7-12-21(27)32-30(31(29)33(22)35-24)19-10-3-6-15-26(19)36-32/h1-16H. The lowest BCUT2D eigenvalue weighted by molar-refractivity contribution is 0.670. The zero-order chi connectivity index (χ0) is 23.8. The number of para-hydroxylation sites is 3. The highest BCUT2D eigenvalue weighted by molar-refractivity contribution is 6.46. The maximum absolute atomic E-state index is 6.63. The summed E-state index contributed by atoms with van der Waals surface area (Å²) in [4.78, 5) is 0. The Hall–Kier alpha value is -5.02. The minimum Gasteiger partial charge on any atom is -0.455 e. The Morgan fingerprint density at radius 3 is 1.54 bits per heavy atom. The molecule has 0 radical (unpaired) electrons. The van der Waals surface area contributed by atoms with Gasteiger partial charge in [-0.3, -0.25) is 0 Å². The zero-order valence-electron chi connectivity index (χ0n) is 19.5. The normalized spacial score (nSPS) is 12.9. The van der Waals surface area contributed by atoms with E-state index in [2.05, 4.69) is 66.7 Å². The lowest BCUT2D eigenvalue weighted by Crippen LogP contribution is -1.88. The van der Waals surface area contributed by atoms with Gasteiger partial charge in [0.15, 0.2) is 0 Å². The second-order valence-corrected chi connectivity index (χ2v) is 9.98. The van der Waals surface area contributed by atoms with E-state index < -0.39 is 0 Å². The number of hydrogen-bond acceptors (Lipinski definition) is 3. The van der Waals surface area contributed by atoms with E-state index in [1.54, 1.807) is 0 Å². The molecule has 3 heterocycles. The third kappa shape index (κ3) is 2.00. The van der Waals surface area contributed by atoms with Crippen molar-refractivity contribution in [1.82, 2.24) is 0 Å². The van der Waals surface area contributed by atoms with Crippen LogP contribution in [-0.2, 0) is 0 Å². The summed E-state index contributed by atoms with van der Waals surface area (Å²) in [7, 11) is 0. The van der Waals surface area contributed by atoms with Crippen LogP contribution < -0.4 is 0 Å². The van der Waals surface area contributed by atoms with E-state index in [9.17, 15) is 0 Å². The summed E-state index contributed by atoms with van der Waals surface area (Å²) in [6, 6.07) is 33.7. The van der Waals surface area contributed by atoms with E-state index in [1.165, 1.54) is 16.2 Å². The molecule has 0 saturated heterocycles. The summed E-state index contributed by atoms with van der Waals surface area (Å²) >= 11 is 0. The average Bonchev–Trinajstić information content (AvgIpc) is 3.63. The molecule has 37 heavy (non-hydrogen) atoms. The Bertz CT molecular complexity index is 2570. The summed E-state index contributed by atoms with van der Waals surface area (Å²) in [6.45, 7) is 0. The Labute approximate surface area is 208 Å². The lowest BCUT2D eigenvalue weighted by Gasteiger charge is -2.14. The maximum Gasteiger partial charge on any atom is 0.144 e. The highest BCUT2D eigenvalue weighted by Crippen LogP contribution is 2.52. The van der Waals surface area contributed by atoms with E-state index in [1.807, 2.05) is 30.3 Å². The van der Waals surface area contributed by atoms with Gasteiger partial charge >= 0.3 is 0 Å². The van der Waals surface area contributed by atoms with Crippen molar-refractivity contribution >= 4 is 98.1 Å². The average molecular weight is 472 g/mol. The van der Waals surface area contributed by atoms with Crippen LogP contribution in [0.15, 0.2) is 110 Å². The van der Waals surface area contributed by atoms with Gasteiger partial charge in [0.05, 0.1) is 0 Å². The Morgan fingerprint density at radius 1 is 0.297 bits per heavy atom. The molecule has 0 bridgehead atoms. The second kappa shape index (κ2) is 6.03. The molecule has 0 aliphatic rings. The molecular weight excluding hydrogens is 456 g/mol. The summed E-state index contributed by atoms with van der Waals surface area (Å²) in [5.41, 5.74) is 5.39. The molecule has 170 valence electrons. The van der Waals surface area contributed by atoms with Gasteiger partial charge in [-0.05, 0) is 29.7 Å². The van der Waals surface area contributed by atoms with E-state index in [0.717, 1.165) is 82.0 Å². The van der Waals surface area contributed by atoms with Crippen molar-refractivity contribution in [3.8, 4) is 0 Å². The molecule has 10 rings (SSSR count). The first kappa shape index (κ1) is 18.3. The first-order valence-corrected chi connectivity index (χ1v) is 12.5. The van der Waals surface area contributed by atoms with Crippen LogP contribution in [0.5, 0.6) is 0 Å². The van der Waals surface area contributed by atoms with Gasteiger partial charge in [0, 0.05) is 59.2 Å². The summed E-state index contributed by atoms with van der Waals surface area (Å²) in [5.74, 6) is 0. The summed E-state index contributed by atoms with van der Waals surface area (Å²) < 4.78 is 19.9. The summed E-state index contributed by atoms with van der Waals surface area (Å²) in [6.07, 6.45) is 0. The van der Waals surface area contributed by atoms with Crippen LogP contribution in [-0.4, -0.2) is 0 Å². The largest absolute Gasteiger partial charge is 0.455 e. The van der Waals surface area contributed by atoms with Crippen molar-refractivity contribution in [2.45, 2.75) is 0 Å². The lowest BCUT2D eigenvalue weighted by atomic mass is 9.88. The van der Waals surface area contributed by atoms with Crippen LogP contribution in [0, 0.1) is 0 Å². The molecule has 0 fully saturated rings.